The molecule has 0 aliphatic rings. The first-order valence-electron chi connectivity index (χ1n) is 8.11. The van der Waals surface area contributed by atoms with E-state index in [2.05, 4.69) is 20.2 Å². The summed E-state index contributed by atoms with van der Waals surface area (Å²) in [6.07, 6.45) is 1.61. The number of nitrogens with one attached hydrogen (secondary N) is 1. The van der Waals surface area contributed by atoms with Crippen LogP contribution in [-0.4, -0.2) is 54.5 Å². The Morgan fingerprint density at radius 2 is 2.04 bits per heavy atom. The van der Waals surface area contributed by atoms with Gasteiger partial charge in [-0.1, -0.05) is 12.1 Å². The molecule has 6 nitrogen and oxygen atoms in total. The van der Waals surface area contributed by atoms with E-state index in [-0.39, 0.29) is 5.91 Å². The zero-order valence-corrected chi connectivity index (χ0v) is 14.8. The molecule has 0 aliphatic carbocycles. The molecule has 1 heterocycles. The number of likely N-dealkylation sites (N-methyl/N-ethyl adjacent to an activating group) is 1. The lowest BCUT2D eigenvalue weighted by Crippen LogP contribution is -2.31. The molecule has 0 fully saturated rings. The minimum absolute atomic E-state index is 0.124. The summed E-state index contributed by atoms with van der Waals surface area (Å²) in [6.45, 7) is 6.14. The first kappa shape index (κ1) is 17.9. The van der Waals surface area contributed by atoms with E-state index in [0.29, 0.717) is 18.2 Å². The third-order valence-electron chi connectivity index (χ3n) is 3.59. The number of carbonyl (C=O) groups excluding carboxylic acids is 1. The van der Waals surface area contributed by atoms with Gasteiger partial charge >= 0.3 is 0 Å². The molecule has 24 heavy (non-hydrogen) atoms. The molecule has 2 rings (SSSR count). The largest absolute Gasteiger partial charge is 0.353 e. The monoisotopic (exact) mass is 327 g/mol. The fourth-order valence-corrected chi connectivity index (χ4v) is 2.33. The zero-order chi connectivity index (χ0) is 17.5. The van der Waals surface area contributed by atoms with E-state index in [1.165, 1.54) is 0 Å². The summed E-state index contributed by atoms with van der Waals surface area (Å²) in [5, 5.41) is 3.14. The van der Waals surface area contributed by atoms with Gasteiger partial charge in [-0.2, -0.15) is 0 Å². The quantitative estimate of drug-likeness (QED) is 0.846. The fraction of sp³-hybridized carbons (Fsp3) is 0.389. The molecule has 2 aromatic rings. The number of aromatic nitrogens is 2. The molecule has 0 bridgehead atoms. The topological polar surface area (TPSA) is 61.4 Å². The molecule has 0 saturated carbocycles. The van der Waals surface area contributed by atoms with E-state index in [9.17, 15) is 4.79 Å². The van der Waals surface area contributed by atoms with Gasteiger partial charge in [-0.05, 0) is 51.7 Å². The van der Waals surface area contributed by atoms with Gasteiger partial charge in [0.25, 0.3) is 5.91 Å². The number of amides is 1. The lowest BCUT2D eigenvalue weighted by Gasteiger charge is -2.21. The maximum atomic E-state index is 12.8. The van der Waals surface area contributed by atoms with Crippen molar-refractivity contribution in [2.45, 2.75) is 13.8 Å². The van der Waals surface area contributed by atoms with Crippen LogP contribution < -0.4 is 10.2 Å². The van der Waals surface area contributed by atoms with Gasteiger partial charge in [-0.25, -0.2) is 9.97 Å². The Kier molecular flexibility index (Phi) is 6.26. The van der Waals surface area contributed by atoms with Gasteiger partial charge in [-0.3, -0.25) is 4.79 Å². The van der Waals surface area contributed by atoms with Crippen molar-refractivity contribution in [1.29, 1.82) is 0 Å². The van der Waals surface area contributed by atoms with Crippen LogP contribution >= 0.6 is 0 Å². The van der Waals surface area contributed by atoms with Crippen molar-refractivity contribution in [3.63, 3.8) is 0 Å². The highest BCUT2D eigenvalue weighted by Crippen LogP contribution is 2.18. The number of hydrogen-bond donors (Lipinski definition) is 1. The zero-order valence-electron chi connectivity index (χ0n) is 14.8. The van der Waals surface area contributed by atoms with Crippen LogP contribution in [0.4, 0.5) is 11.6 Å². The molecule has 0 aliphatic heterocycles. The fourth-order valence-electron chi connectivity index (χ4n) is 2.33. The first-order valence-corrected chi connectivity index (χ1v) is 8.11. The molecule has 128 valence electrons. The molecular weight excluding hydrogens is 302 g/mol. The van der Waals surface area contributed by atoms with E-state index in [4.69, 9.17) is 0 Å². The second-order valence-electron chi connectivity index (χ2n) is 5.88. The standard InChI is InChI=1S/C18H25N5O/c1-5-23(15-8-6-7-14(2)13-15)17(24)16-9-10-19-18(21-16)20-11-12-22(3)4/h6-10,13H,5,11-12H2,1-4H3,(H,19,20,21). The van der Waals surface area contributed by atoms with Crippen LogP contribution in [0.2, 0.25) is 0 Å². The van der Waals surface area contributed by atoms with Crippen LogP contribution in [0.1, 0.15) is 23.0 Å². The molecule has 0 spiro atoms. The summed E-state index contributed by atoms with van der Waals surface area (Å²) < 4.78 is 0. The maximum absolute atomic E-state index is 12.8. The number of hydrogen-bond acceptors (Lipinski definition) is 5. The maximum Gasteiger partial charge on any atom is 0.277 e. The number of carbonyl (C=O) groups is 1. The van der Waals surface area contributed by atoms with Crippen LogP contribution in [0.3, 0.4) is 0 Å². The number of nitrogens with zero attached hydrogens (tertiary/aromatic N) is 4. The summed E-state index contributed by atoms with van der Waals surface area (Å²) >= 11 is 0. The molecule has 0 unspecified atom stereocenters. The summed E-state index contributed by atoms with van der Waals surface area (Å²) in [5.41, 5.74) is 2.39. The van der Waals surface area contributed by atoms with E-state index >= 15 is 0 Å². The molecular formula is C18H25N5O. The predicted octanol–water partition coefficient (Wildman–Crippen LogP) is 2.43. The van der Waals surface area contributed by atoms with E-state index in [1.54, 1.807) is 17.2 Å². The second-order valence-corrected chi connectivity index (χ2v) is 5.88. The molecule has 0 atom stereocenters. The highest BCUT2D eigenvalue weighted by molar-refractivity contribution is 6.04. The third kappa shape index (κ3) is 4.76. The average molecular weight is 327 g/mol. The van der Waals surface area contributed by atoms with Crippen molar-refractivity contribution >= 4 is 17.5 Å². The van der Waals surface area contributed by atoms with Crippen molar-refractivity contribution in [2.24, 2.45) is 0 Å². The van der Waals surface area contributed by atoms with Crippen molar-refractivity contribution in [1.82, 2.24) is 14.9 Å². The Bertz CT molecular complexity index is 687. The van der Waals surface area contributed by atoms with E-state index in [1.807, 2.05) is 52.2 Å². The molecule has 1 aromatic heterocycles. The highest BCUT2D eigenvalue weighted by atomic mass is 16.2. The number of rotatable bonds is 7. The van der Waals surface area contributed by atoms with Crippen LogP contribution in [-0.2, 0) is 0 Å². The Morgan fingerprint density at radius 3 is 2.71 bits per heavy atom. The lowest BCUT2D eigenvalue weighted by atomic mass is 10.2. The number of aryl methyl sites for hydroxylation is 1. The predicted molar refractivity (Wildman–Crippen MR) is 97.6 cm³/mol. The summed E-state index contributed by atoms with van der Waals surface area (Å²) in [5.74, 6) is 0.351. The molecule has 1 aromatic carbocycles. The molecule has 1 amide bonds. The molecule has 0 saturated heterocycles. The van der Waals surface area contributed by atoms with Crippen molar-refractivity contribution in [3.05, 3.63) is 47.8 Å². The second kappa shape index (κ2) is 8.40. The Balaban J connectivity index is 2.15. The van der Waals surface area contributed by atoms with Crippen molar-refractivity contribution in [2.75, 3.05) is 43.9 Å². The number of benzene rings is 1. The normalized spacial score (nSPS) is 10.7. The van der Waals surface area contributed by atoms with Crippen LogP contribution in [0.15, 0.2) is 36.5 Å². The minimum Gasteiger partial charge on any atom is -0.353 e. The summed E-state index contributed by atoms with van der Waals surface area (Å²) in [4.78, 5) is 25.1. The van der Waals surface area contributed by atoms with Gasteiger partial charge < -0.3 is 15.1 Å². The number of anilines is 2. The van der Waals surface area contributed by atoms with Crippen molar-refractivity contribution in [3.8, 4) is 0 Å². The molecule has 1 N–H and O–H groups in total. The van der Waals surface area contributed by atoms with Gasteiger partial charge in [0, 0.05) is 31.5 Å². The first-order chi connectivity index (χ1) is 11.5. The van der Waals surface area contributed by atoms with Crippen LogP contribution in [0, 0.1) is 6.92 Å². The summed E-state index contributed by atoms with van der Waals surface area (Å²) in [7, 11) is 4.01. The minimum atomic E-state index is -0.124. The van der Waals surface area contributed by atoms with Gasteiger partial charge in [-0.15, -0.1) is 0 Å². The van der Waals surface area contributed by atoms with E-state index < -0.39 is 0 Å². The average Bonchev–Trinajstić information content (AvgIpc) is 2.55. The van der Waals surface area contributed by atoms with Crippen molar-refractivity contribution < 1.29 is 4.79 Å². The van der Waals surface area contributed by atoms with Gasteiger partial charge in [0.2, 0.25) is 5.95 Å². The van der Waals surface area contributed by atoms with E-state index in [0.717, 1.165) is 24.3 Å². The highest BCUT2D eigenvalue weighted by Gasteiger charge is 2.18. The SMILES string of the molecule is CCN(C(=O)c1ccnc(NCCN(C)C)n1)c1cccc(C)c1. The Hall–Kier alpha value is -2.47. The third-order valence-corrected chi connectivity index (χ3v) is 3.59. The van der Waals surface area contributed by atoms with Crippen LogP contribution in [0.5, 0.6) is 0 Å². The smallest absolute Gasteiger partial charge is 0.277 e. The Morgan fingerprint density at radius 1 is 1.25 bits per heavy atom. The molecule has 0 radical (unpaired) electrons. The van der Waals surface area contributed by atoms with Gasteiger partial charge in [0.05, 0.1) is 0 Å². The van der Waals surface area contributed by atoms with Gasteiger partial charge in [0.15, 0.2) is 0 Å². The lowest BCUT2D eigenvalue weighted by molar-refractivity contribution is 0.0983. The van der Waals surface area contributed by atoms with Gasteiger partial charge in [0.1, 0.15) is 5.69 Å². The molecule has 6 heteroatoms. The van der Waals surface area contributed by atoms with Crippen LogP contribution in [0.25, 0.3) is 0 Å². The Labute approximate surface area is 143 Å². The summed E-state index contributed by atoms with van der Waals surface area (Å²) in [6, 6.07) is 9.55.